The summed E-state index contributed by atoms with van der Waals surface area (Å²) in [6.45, 7) is 1.90. The first-order valence-electron chi connectivity index (χ1n) is 6.48. The minimum absolute atomic E-state index is 0.304. The highest BCUT2D eigenvalue weighted by Crippen LogP contribution is 2.24. The van der Waals surface area contributed by atoms with Crippen molar-refractivity contribution < 1.29 is 22.1 Å². The molecule has 0 aliphatic rings. The summed E-state index contributed by atoms with van der Waals surface area (Å²) < 4.78 is 37.7. The van der Waals surface area contributed by atoms with Crippen molar-refractivity contribution in [1.82, 2.24) is 0 Å². The zero-order chi connectivity index (χ0) is 15.2. The molecule has 0 spiro atoms. The fourth-order valence-corrected chi connectivity index (χ4v) is 2.63. The molecule has 5 nitrogen and oxygen atoms in total. The van der Waals surface area contributed by atoms with E-state index in [2.05, 4.69) is 0 Å². The highest BCUT2D eigenvalue weighted by Gasteiger charge is 2.14. The van der Waals surface area contributed by atoms with E-state index in [0.29, 0.717) is 19.3 Å². The molecule has 0 N–H and O–H groups in total. The van der Waals surface area contributed by atoms with E-state index < -0.39 is 10.1 Å². The Hall–Kier alpha value is -1.27. The first-order valence-corrected chi connectivity index (χ1v) is 8.29. The van der Waals surface area contributed by atoms with Crippen LogP contribution in [0.2, 0.25) is 0 Å². The van der Waals surface area contributed by atoms with Crippen LogP contribution in [0.4, 0.5) is 0 Å². The predicted molar refractivity (Wildman–Crippen MR) is 77.9 cm³/mol. The third-order valence-corrected chi connectivity index (χ3v) is 3.55. The van der Waals surface area contributed by atoms with Gasteiger partial charge in [-0.1, -0.05) is 6.92 Å². The molecule has 0 fully saturated rings. The standard InChI is InChI=1S/C14H22O5S/c1-5-12(19-20(4,15)16)7-6-11-8-13(17-2)10-14(9-11)18-3/h8-10,12H,5-7H2,1-4H3. The summed E-state index contributed by atoms with van der Waals surface area (Å²) in [5, 5.41) is 0. The lowest BCUT2D eigenvalue weighted by Gasteiger charge is -2.15. The molecule has 6 heteroatoms. The van der Waals surface area contributed by atoms with Crippen molar-refractivity contribution in [3.63, 3.8) is 0 Å². The number of hydrogen-bond donors (Lipinski definition) is 0. The molecule has 0 saturated heterocycles. The Morgan fingerprint density at radius 3 is 2.05 bits per heavy atom. The second kappa shape index (κ2) is 7.50. The molecule has 1 aromatic rings. The third-order valence-electron chi connectivity index (χ3n) is 2.93. The van der Waals surface area contributed by atoms with E-state index in [1.54, 1.807) is 20.3 Å². The smallest absolute Gasteiger partial charge is 0.264 e. The summed E-state index contributed by atoms with van der Waals surface area (Å²) in [5.74, 6) is 1.44. The minimum atomic E-state index is -3.41. The Labute approximate surface area is 121 Å². The lowest BCUT2D eigenvalue weighted by atomic mass is 10.0. The van der Waals surface area contributed by atoms with Crippen LogP contribution in [0.25, 0.3) is 0 Å². The van der Waals surface area contributed by atoms with E-state index in [-0.39, 0.29) is 6.10 Å². The van der Waals surface area contributed by atoms with Gasteiger partial charge in [0.15, 0.2) is 0 Å². The fourth-order valence-electron chi connectivity index (χ4n) is 1.91. The number of ether oxygens (including phenoxy) is 2. The minimum Gasteiger partial charge on any atom is -0.497 e. The SMILES string of the molecule is CCC(CCc1cc(OC)cc(OC)c1)OS(C)(=O)=O. The van der Waals surface area contributed by atoms with E-state index >= 15 is 0 Å². The van der Waals surface area contributed by atoms with Crippen LogP contribution in [0.1, 0.15) is 25.3 Å². The monoisotopic (exact) mass is 302 g/mol. The van der Waals surface area contributed by atoms with Crippen LogP contribution < -0.4 is 9.47 Å². The van der Waals surface area contributed by atoms with Gasteiger partial charge >= 0.3 is 0 Å². The van der Waals surface area contributed by atoms with Crippen molar-refractivity contribution in [2.75, 3.05) is 20.5 Å². The van der Waals surface area contributed by atoms with Crippen LogP contribution in [0.3, 0.4) is 0 Å². The molecule has 0 saturated carbocycles. The molecule has 0 amide bonds. The van der Waals surface area contributed by atoms with E-state index in [1.807, 2.05) is 19.1 Å². The largest absolute Gasteiger partial charge is 0.497 e. The highest BCUT2D eigenvalue weighted by atomic mass is 32.2. The van der Waals surface area contributed by atoms with Crippen molar-refractivity contribution in [3.05, 3.63) is 23.8 Å². The normalized spacial score (nSPS) is 13.0. The number of hydrogen-bond acceptors (Lipinski definition) is 5. The Kier molecular flexibility index (Phi) is 6.29. The summed E-state index contributed by atoms with van der Waals surface area (Å²) in [7, 11) is -0.220. The van der Waals surface area contributed by atoms with E-state index in [9.17, 15) is 8.42 Å². The van der Waals surface area contributed by atoms with Gasteiger partial charge in [-0.2, -0.15) is 8.42 Å². The number of rotatable bonds is 8. The molecule has 0 aliphatic heterocycles. The summed E-state index contributed by atoms with van der Waals surface area (Å²) in [4.78, 5) is 0. The summed E-state index contributed by atoms with van der Waals surface area (Å²) in [5.41, 5.74) is 1.02. The van der Waals surface area contributed by atoms with Crippen LogP contribution >= 0.6 is 0 Å². The number of methoxy groups -OCH3 is 2. The molecule has 1 rings (SSSR count). The zero-order valence-corrected chi connectivity index (χ0v) is 13.2. The van der Waals surface area contributed by atoms with Gasteiger partial charge in [-0.25, -0.2) is 0 Å². The average molecular weight is 302 g/mol. The summed E-state index contributed by atoms with van der Waals surface area (Å²) in [6.07, 6.45) is 2.74. The Balaban J connectivity index is 2.72. The molecular weight excluding hydrogens is 280 g/mol. The molecule has 0 aliphatic carbocycles. The molecule has 0 heterocycles. The van der Waals surface area contributed by atoms with E-state index in [1.165, 1.54) is 0 Å². The molecule has 0 bridgehead atoms. The molecular formula is C14H22O5S. The van der Waals surface area contributed by atoms with Gasteiger partial charge in [-0.15, -0.1) is 0 Å². The van der Waals surface area contributed by atoms with Crippen molar-refractivity contribution >= 4 is 10.1 Å². The fraction of sp³-hybridized carbons (Fsp3) is 0.571. The molecule has 0 aromatic heterocycles. The van der Waals surface area contributed by atoms with Crippen LogP contribution in [0.15, 0.2) is 18.2 Å². The van der Waals surface area contributed by atoms with Crippen LogP contribution in [-0.2, 0) is 20.7 Å². The first kappa shape index (κ1) is 16.8. The average Bonchev–Trinajstić information content (AvgIpc) is 2.41. The topological polar surface area (TPSA) is 61.8 Å². The van der Waals surface area contributed by atoms with Gasteiger partial charge in [0, 0.05) is 6.07 Å². The lowest BCUT2D eigenvalue weighted by molar-refractivity contribution is 0.196. The predicted octanol–water partition coefficient (Wildman–Crippen LogP) is 2.39. The maximum absolute atomic E-state index is 11.2. The van der Waals surface area contributed by atoms with Crippen LogP contribution in [0, 0.1) is 0 Å². The van der Waals surface area contributed by atoms with Gasteiger partial charge in [0.2, 0.25) is 0 Å². The Morgan fingerprint density at radius 2 is 1.65 bits per heavy atom. The van der Waals surface area contributed by atoms with E-state index in [0.717, 1.165) is 23.3 Å². The second-order valence-corrected chi connectivity index (χ2v) is 6.19. The third kappa shape index (κ3) is 5.79. The van der Waals surface area contributed by atoms with E-state index in [4.69, 9.17) is 13.7 Å². The number of benzene rings is 1. The van der Waals surface area contributed by atoms with Gasteiger partial charge in [0.05, 0.1) is 26.6 Å². The van der Waals surface area contributed by atoms with Crippen LogP contribution in [0.5, 0.6) is 11.5 Å². The molecule has 1 unspecified atom stereocenters. The second-order valence-electron chi connectivity index (χ2n) is 4.59. The molecule has 114 valence electrons. The van der Waals surface area contributed by atoms with Crippen molar-refractivity contribution in [2.45, 2.75) is 32.3 Å². The van der Waals surface area contributed by atoms with Gasteiger partial charge in [0.1, 0.15) is 11.5 Å². The summed E-state index contributed by atoms with van der Waals surface area (Å²) in [6, 6.07) is 5.62. The van der Waals surface area contributed by atoms with Gasteiger partial charge in [0.25, 0.3) is 10.1 Å². The molecule has 0 radical (unpaired) electrons. The quantitative estimate of drug-likeness (QED) is 0.690. The Bertz CT molecular complexity index is 502. The lowest BCUT2D eigenvalue weighted by Crippen LogP contribution is -2.17. The molecule has 1 atom stereocenters. The first-order chi connectivity index (χ1) is 9.37. The maximum atomic E-state index is 11.2. The van der Waals surface area contributed by atoms with Gasteiger partial charge in [-0.05, 0) is 37.0 Å². The number of aryl methyl sites for hydroxylation is 1. The van der Waals surface area contributed by atoms with Crippen molar-refractivity contribution in [1.29, 1.82) is 0 Å². The molecule has 20 heavy (non-hydrogen) atoms. The zero-order valence-electron chi connectivity index (χ0n) is 12.4. The maximum Gasteiger partial charge on any atom is 0.264 e. The van der Waals surface area contributed by atoms with Gasteiger partial charge in [-0.3, -0.25) is 4.18 Å². The van der Waals surface area contributed by atoms with Crippen molar-refractivity contribution in [2.24, 2.45) is 0 Å². The van der Waals surface area contributed by atoms with Gasteiger partial charge < -0.3 is 9.47 Å². The molecule has 1 aromatic carbocycles. The van der Waals surface area contributed by atoms with Crippen molar-refractivity contribution in [3.8, 4) is 11.5 Å². The Morgan fingerprint density at radius 1 is 1.10 bits per heavy atom. The summed E-state index contributed by atoms with van der Waals surface area (Å²) >= 11 is 0. The highest BCUT2D eigenvalue weighted by molar-refractivity contribution is 7.86. The van der Waals surface area contributed by atoms with Crippen LogP contribution in [-0.4, -0.2) is 35.0 Å².